The van der Waals surface area contributed by atoms with Crippen molar-refractivity contribution in [3.63, 3.8) is 0 Å². The van der Waals surface area contributed by atoms with Crippen LogP contribution in [0.3, 0.4) is 0 Å². The highest BCUT2D eigenvalue weighted by Gasteiger charge is 2.16. The van der Waals surface area contributed by atoms with E-state index in [4.69, 9.17) is 25.5 Å². The van der Waals surface area contributed by atoms with E-state index in [0.29, 0.717) is 10.8 Å². The summed E-state index contributed by atoms with van der Waals surface area (Å²) in [6.07, 6.45) is 0. The van der Waals surface area contributed by atoms with E-state index in [2.05, 4.69) is 0 Å². The van der Waals surface area contributed by atoms with Crippen molar-refractivity contribution in [3.8, 4) is 5.75 Å². The number of ether oxygens (including phenoxy) is 2. The van der Waals surface area contributed by atoms with Crippen LogP contribution in [-0.4, -0.2) is 23.8 Å². The Bertz CT molecular complexity index is 1370. The minimum Gasteiger partial charge on any atom is -0.491 e. The van der Waals surface area contributed by atoms with Crippen LogP contribution >= 0.6 is 22.9 Å². The third kappa shape index (κ3) is 3.83. The summed E-state index contributed by atoms with van der Waals surface area (Å²) in [7, 11) is 0. The van der Waals surface area contributed by atoms with Crippen LogP contribution in [0, 0.1) is 0 Å². The monoisotopic (exact) mass is 445 g/mol. The fraction of sp³-hybridized carbons (Fsp3) is 0.190. The summed E-state index contributed by atoms with van der Waals surface area (Å²) in [5.74, 6) is -0.563. The largest absolute Gasteiger partial charge is 0.491 e. The molecule has 0 spiro atoms. The van der Waals surface area contributed by atoms with Gasteiger partial charge in [-0.05, 0) is 37.3 Å². The maximum Gasteiger partial charge on any atom is 0.374 e. The van der Waals surface area contributed by atoms with Gasteiger partial charge in [0, 0.05) is 11.1 Å². The Labute approximate surface area is 179 Å². The molecule has 0 aliphatic heterocycles. The molecule has 0 bridgehead atoms. The smallest absolute Gasteiger partial charge is 0.374 e. The van der Waals surface area contributed by atoms with Gasteiger partial charge < -0.3 is 13.9 Å². The third-order valence-corrected chi connectivity index (χ3v) is 5.59. The molecule has 0 aliphatic carbocycles. The van der Waals surface area contributed by atoms with Crippen molar-refractivity contribution in [3.05, 3.63) is 73.1 Å². The molecular weight excluding hydrogens is 430 g/mol. The topological polar surface area (TPSA) is 87.7 Å². The maximum atomic E-state index is 12.6. The van der Waals surface area contributed by atoms with E-state index in [1.165, 1.54) is 0 Å². The van der Waals surface area contributed by atoms with Gasteiger partial charge in [-0.3, -0.25) is 14.2 Å². The molecule has 0 saturated carbocycles. The average molecular weight is 446 g/mol. The number of halogens is 1. The standard InChI is InChI=1S/C21H16ClNO6S/c1-2-27-20(25)17-11-14(24)19-15(4-3-5-16(19)29-17)28-9-8-23-13-10-12(22)6-7-18(13)30-21(23)26/h3-7,10-11H,2,8-9H2,1H3. The van der Waals surface area contributed by atoms with Crippen LogP contribution < -0.4 is 15.0 Å². The van der Waals surface area contributed by atoms with Crippen LogP contribution in [0.15, 0.2) is 56.5 Å². The van der Waals surface area contributed by atoms with Crippen molar-refractivity contribution in [2.75, 3.05) is 13.2 Å². The summed E-state index contributed by atoms with van der Waals surface area (Å²) in [6, 6.07) is 11.2. The van der Waals surface area contributed by atoms with Crippen molar-refractivity contribution in [1.82, 2.24) is 4.57 Å². The Kier molecular flexibility index (Phi) is 5.61. The molecule has 0 radical (unpaired) electrons. The number of benzene rings is 2. The van der Waals surface area contributed by atoms with Crippen LogP contribution in [0.5, 0.6) is 5.75 Å². The third-order valence-electron chi connectivity index (χ3n) is 4.40. The minimum absolute atomic E-state index is 0.118. The number of nitrogens with zero attached hydrogens (tertiary/aromatic N) is 1. The van der Waals surface area contributed by atoms with Crippen molar-refractivity contribution in [2.45, 2.75) is 13.5 Å². The second-order valence-electron chi connectivity index (χ2n) is 6.30. The highest BCUT2D eigenvalue weighted by atomic mass is 35.5. The van der Waals surface area contributed by atoms with Gasteiger partial charge >= 0.3 is 10.8 Å². The molecule has 30 heavy (non-hydrogen) atoms. The quantitative estimate of drug-likeness (QED) is 0.415. The molecule has 154 valence electrons. The zero-order chi connectivity index (χ0) is 21.3. The van der Waals surface area contributed by atoms with Gasteiger partial charge in [0.15, 0.2) is 5.43 Å². The molecule has 2 aromatic heterocycles. The number of esters is 1. The fourth-order valence-electron chi connectivity index (χ4n) is 3.10. The number of aromatic nitrogens is 1. The Morgan fingerprint density at radius 2 is 2.03 bits per heavy atom. The lowest BCUT2D eigenvalue weighted by Crippen LogP contribution is -2.18. The van der Waals surface area contributed by atoms with Crippen molar-refractivity contribution < 1.29 is 18.7 Å². The van der Waals surface area contributed by atoms with E-state index in [1.54, 1.807) is 47.9 Å². The van der Waals surface area contributed by atoms with Crippen molar-refractivity contribution >= 4 is 50.1 Å². The van der Waals surface area contributed by atoms with Crippen LogP contribution in [0.1, 0.15) is 17.5 Å². The predicted molar refractivity (Wildman–Crippen MR) is 115 cm³/mol. The number of rotatable bonds is 6. The molecule has 4 aromatic rings. The van der Waals surface area contributed by atoms with E-state index < -0.39 is 11.4 Å². The van der Waals surface area contributed by atoms with Gasteiger partial charge in [-0.15, -0.1) is 0 Å². The minimum atomic E-state index is -0.704. The van der Waals surface area contributed by atoms with Crippen LogP contribution in [0.4, 0.5) is 0 Å². The summed E-state index contributed by atoms with van der Waals surface area (Å²) in [6.45, 7) is 2.27. The number of hydrogen-bond donors (Lipinski definition) is 0. The van der Waals surface area contributed by atoms with E-state index in [1.807, 2.05) is 0 Å². The van der Waals surface area contributed by atoms with E-state index in [9.17, 15) is 14.4 Å². The lowest BCUT2D eigenvalue weighted by Gasteiger charge is -2.10. The number of carbonyl (C=O) groups excluding carboxylic acids is 1. The van der Waals surface area contributed by atoms with Gasteiger partial charge in [0.1, 0.15) is 23.3 Å². The van der Waals surface area contributed by atoms with E-state index in [0.717, 1.165) is 27.6 Å². The molecule has 7 nitrogen and oxygen atoms in total. The molecule has 0 amide bonds. The molecule has 0 atom stereocenters. The predicted octanol–water partition coefficient (Wildman–Crippen LogP) is 4.08. The molecular formula is C21H16ClNO6S. The molecule has 0 unspecified atom stereocenters. The van der Waals surface area contributed by atoms with E-state index in [-0.39, 0.29) is 41.4 Å². The second-order valence-corrected chi connectivity index (χ2v) is 7.73. The van der Waals surface area contributed by atoms with Gasteiger partial charge in [0.25, 0.3) is 0 Å². The maximum absolute atomic E-state index is 12.6. The molecule has 9 heteroatoms. The molecule has 0 fully saturated rings. The lowest BCUT2D eigenvalue weighted by atomic mass is 10.2. The average Bonchev–Trinajstić information content (AvgIpc) is 3.02. The second kappa shape index (κ2) is 8.33. The Morgan fingerprint density at radius 1 is 1.20 bits per heavy atom. The normalized spacial score (nSPS) is 11.1. The Balaban J connectivity index is 1.60. The molecule has 0 aliphatic rings. The van der Waals surface area contributed by atoms with Gasteiger partial charge in [-0.1, -0.05) is 29.0 Å². The first-order chi connectivity index (χ1) is 14.5. The number of carbonyl (C=O) groups is 1. The van der Waals surface area contributed by atoms with Gasteiger partial charge in [0.2, 0.25) is 5.76 Å². The molecule has 0 N–H and O–H groups in total. The highest BCUT2D eigenvalue weighted by molar-refractivity contribution is 7.16. The zero-order valence-electron chi connectivity index (χ0n) is 15.8. The highest BCUT2D eigenvalue weighted by Crippen LogP contribution is 2.24. The van der Waals surface area contributed by atoms with Crippen molar-refractivity contribution in [1.29, 1.82) is 0 Å². The van der Waals surface area contributed by atoms with E-state index >= 15 is 0 Å². The Morgan fingerprint density at radius 3 is 2.83 bits per heavy atom. The van der Waals surface area contributed by atoms with Crippen LogP contribution in [-0.2, 0) is 11.3 Å². The Hall–Kier alpha value is -3.10. The molecule has 4 rings (SSSR count). The zero-order valence-corrected chi connectivity index (χ0v) is 17.4. The first kappa shape index (κ1) is 20.2. The molecule has 0 saturated heterocycles. The van der Waals surface area contributed by atoms with Crippen LogP contribution in [0.2, 0.25) is 5.02 Å². The first-order valence-corrected chi connectivity index (χ1v) is 10.3. The summed E-state index contributed by atoms with van der Waals surface area (Å²) >= 11 is 7.18. The number of fused-ring (bicyclic) bond motifs is 2. The van der Waals surface area contributed by atoms with Crippen LogP contribution in [0.25, 0.3) is 21.2 Å². The summed E-state index contributed by atoms with van der Waals surface area (Å²) < 4.78 is 18.6. The SMILES string of the molecule is CCOC(=O)c1cc(=O)c2c(OCCn3c(=O)sc4ccc(Cl)cc43)cccc2o1. The van der Waals surface area contributed by atoms with Gasteiger partial charge in [0.05, 0.1) is 23.4 Å². The number of thiazole rings is 1. The summed E-state index contributed by atoms with van der Waals surface area (Å²) in [4.78, 5) is 36.6. The molecule has 2 aromatic carbocycles. The van der Waals surface area contributed by atoms with Gasteiger partial charge in [-0.25, -0.2) is 4.79 Å². The lowest BCUT2D eigenvalue weighted by molar-refractivity contribution is 0.0490. The summed E-state index contributed by atoms with van der Waals surface area (Å²) in [5.41, 5.74) is 0.533. The number of hydrogen-bond acceptors (Lipinski definition) is 7. The first-order valence-electron chi connectivity index (χ1n) is 9.13. The summed E-state index contributed by atoms with van der Waals surface area (Å²) in [5, 5.41) is 0.759. The van der Waals surface area contributed by atoms with Crippen molar-refractivity contribution in [2.24, 2.45) is 0 Å². The molecule has 2 heterocycles. The van der Waals surface area contributed by atoms with Gasteiger partial charge in [-0.2, -0.15) is 0 Å². The fourth-order valence-corrected chi connectivity index (χ4v) is 4.16.